The van der Waals surface area contributed by atoms with Gasteiger partial charge in [-0.2, -0.15) is 0 Å². The van der Waals surface area contributed by atoms with Crippen LogP contribution in [0.5, 0.6) is 0 Å². The Hall–Kier alpha value is -1.33. The number of nitrogens with two attached hydrogens (primary N) is 1. The summed E-state index contributed by atoms with van der Waals surface area (Å²) < 4.78 is 13.0. The lowest BCUT2D eigenvalue weighted by molar-refractivity contribution is 0.624. The summed E-state index contributed by atoms with van der Waals surface area (Å²) in [6.45, 7) is 3.56. The third-order valence-electron chi connectivity index (χ3n) is 1.39. The zero-order valence-electron chi connectivity index (χ0n) is 7.76. The van der Waals surface area contributed by atoms with Gasteiger partial charge in [0.2, 0.25) is 0 Å². The molecule has 0 saturated heterocycles. The maximum Gasteiger partial charge on any atom is 0.138 e. The highest BCUT2D eigenvalue weighted by Crippen LogP contribution is 2.04. The third-order valence-corrected chi connectivity index (χ3v) is 1.39. The zero-order chi connectivity index (χ0) is 9.90. The Morgan fingerprint density at radius 2 is 1.92 bits per heavy atom. The van der Waals surface area contributed by atoms with E-state index in [2.05, 4.69) is 11.8 Å². The number of rotatable bonds is 0. The summed E-state index contributed by atoms with van der Waals surface area (Å²) >= 11 is 0. The van der Waals surface area contributed by atoms with Crippen LogP contribution in [0, 0.1) is 17.7 Å². The number of benzene rings is 1. The van der Waals surface area contributed by atoms with Crippen LogP contribution < -0.4 is 5.73 Å². The normalized spacial score (nSPS) is 10.5. The van der Waals surface area contributed by atoms with Crippen molar-refractivity contribution in [3.8, 4) is 11.8 Å². The number of hydrogen-bond donors (Lipinski definition) is 1. The number of halogens is 1. The maximum atomic E-state index is 13.0. The van der Waals surface area contributed by atoms with E-state index in [-0.39, 0.29) is 5.82 Å². The summed E-state index contributed by atoms with van der Waals surface area (Å²) in [4.78, 5) is 0. The molecule has 0 atom stereocenters. The van der Waals surface area contributed by atoms with Crippen molar-refractivity contribution in [1.29, 1.82) is 0 Å². The molecule has 1 rings (SSSR count). The summed E-state index contributed by atoms with van der Waals surface area (Å²) in [7, 11) is 0. The van der Waals surface area contributed by atoms with Crippen LogP contribution in [-0.4, -0.2) is 5.54 Å². The van der Waals surface area contributed by atoms with Gasteiger partial charge >= 0.3 is 0 Å². The van der Waals surface area contributed by atoms with Crippen molar-refractivity contribution in [2.24, 2.45) is 5.73 Å². The Morgan fingerprint density at radius 3 is 2.46 bits per heavy atom. The maximum absolute atomic E-state index is 13.0. The first-order chi connectivity index (χ1) is 5.99. The van der Waals surface area contributed by atoms with Gasteiger partial charge in [-0.3, -0.25) is 0 Å². The van der Waals surface area contributed by atoms with Crippen LogP contribution in [0.25, 0.3) is 0 Å². The first kappa shape index (κ1) is 9.76. The van der Waals surface area contributed by atoms with E-state index in [1.54, 1.807) is 32.0 Å². The fourth-order valence-electron chi connectivity index (χ4n) is 0.791. The second kappa shape index (κ2) is 3.59. The molecule has 1 aromatic carbocycles. The first-order valence-electron chi connectivity index (χ1n) is 4.06. The molecular weight excluding hydrogens is 165 g/mol. The van der Waals surface area contributed by atoms with Gasteiger partial charge in [0.25, 0.3) is 0 Å². The van der Waals surface area contributed by atoms with Gasteiger partial charge < -0.3 is 5.73 Å². The molecule has 0 aliphatic rings. The van der Waals surface area contributed by atoms with E-state index >= 15 is 0 Å². The average molecular weight is 177 g/mol. The third kappa shape index (κ3) is 3.27. The summed E-state index contributed by atoms with van der Waals surface area (Å²) in [6.07, 6.45) is 0. The highest BCUT2D eigenvalue weighted by atomic mass is 19.1. The van der Waals surface area contributed by atoms with Crippen molar-refractivity contribution < 1.29 is 4.39 Å². The van der Waals surface area contributed by atoms with E-state index in [1.165, 1.54) is 6.07 Å². The second-order valence-corrected chi connectivity index (χ2v) is 3.45. The van der Waals surface area contributed by atoms with Gasteiger partial charge in [-0.05, 0) is 26.0 Å². The topological polar surface area (TPSA) is 26.0 Å². The predicted molar refractivity (Wildman–Crippen MR) is 51.5 cm³/mol. The van der Waals surface area contributed by atoms with Crippen molar-refractivity contribution in [3.05, 3.63) is 35.6 Å². The van der Waals surface area contributed by atoms with Gasteiger partial charge in [-0.15, -0.1) is 0 Å². The minimum absolute atomic E-state index is 0.306. The molecule has 0 aliphatic heterocycles. The predicted octanol–water partition coefficient (Wildman–Crippen LogP) is 1.91. The molecule has 1 aromatic rings. The molecule has 2 heteroatoms. The molecule has 0 saturated carbocycles. The zero-order valence-corrected chi connectivity index (χ0v) is 7.76. The van der Waals surface area contributed by atoms with Gasteiger partial charge in [0, 0.05) is 0 Å². The minimum atomic E-state index is -0.581. The molecule has 13 heavy (non-hydrogen) atoms. The molecule has 0 aliphatic carbocycles. The molecule has 0 amide bonds. The van der Waals surface area contributed by atoms with Gasteiger partial charge in [-0.1, -0.05) is 24.0 Å². The molecular formula is C11H12FN. The highest BCUT2D eigenvalue weighted by Gasteiger charge is 2.04. The molecule has 0 aromatic heterocycles. The molecule has 68 valence electrons. The van der Waals surface area contributed by atoms with Gasteiger partial charge in [0.05, 0.1) is 11.1 Å². The molecule has 0 bridgehead atoms. The van der Waals surface area contributed by atoms with Crippen LogP contribution in [-0.2, 0) is 0 Å². The number of hydrogen-bond acceptors (Lipinski definition) is 1. The molecule has 0 heterocycles. The quantitative estimate of drug-likeness (QED) is 0.602. The van der Waals surface area contributed by atoms with Crippen LogP contribution in [0.2, 0.25) is 0 Å². The van der Waals surface area contributed by atoms with Gasteiger partial charge in [0.1, 0.15) is 5.82 Å². The van der Waals surface area contributed by atoms with E-state index in [4.69, 9.17) is 5.73 Å². The van der Waals surface area contributed by atoms with Gasteiger partial charge in [-0.25, -0.2) is 4.39 Å². The monoisotopic (exact) mass is 177 g/mol. The summed E-state index contributed by atoms with van der Waals surface area (Å²) in [5.41, 5.74) is 5.45. The molecule has 0 spiro atoms. The molecule has 2 N–H and O–H groups in total. The molecule has 1 nitrogen and oxygen atoms in total. The Morgan fingerprint density at radius 1 is 1.31 bits per heavy atom. The Balaban J connectivity index is 2.97. The van der Waals surface area contributed by atoms with Crippen LogP contribution in [0.3, 0.4) is 0 Å². The fraction of sp³-hybridized carbons (Fsp3) is 0.273. The summed E-state index contributed by atoms with van der Waals surface area (Å²) in [5.74, 6) is 5.16. The van der Waals surface area contributed by atoms with Crippen molar-refractivity contribution >= 4 is 0 Å². The van der Waals surface area contributed by atoms with Crippen LogP contribution >= 0.6 is 0 Å². The average Bonchev–Trinajstić information content (AvgIpc) is 2.01. The highest BCUT2D eigenvalue weighted by molar-refractivity contribution is 5.37. The van der Waals surface area contributed by atoms with E-state index in [1.807, 2.05) is 0 Å². The summed E-state index contributed by atoms with van der Waals surface area (Å²) in [5, 5.41) is 0. The molecule has 0 unspecified atom stereocenters. The second-order valence-electron chi connectivity index (χ2n) is 3.45. The summed E-state index contributed by atoms with van der Waals surface area (Å²) in [6, 6.07) is 6.40. The van der Waals surface area contributed by atoms with E-state index in [9.17, 15) is 4.39 Å². The van der Waals surface area contributed by atoms with Crippen molar-refractivity contribution in [2.45, 2.75) is 19.4 Å². The van der Waals surface area contributed by atoms with E-state index in [0.717, 1.165) is 0 Å². The lowest BCUT2D eigenvalue weighted by Gasteiger charge is -2.07. The lowest BCUT2D eigenvalue weighted by atomic mass is 10.1. The van der Waals surface area contributed by atoms with Gasteiger partial charge in [0.15, 0.2) is 0 Å². The minimum Gasteiger partial charge on any atom is -0.316 e. The smallest absolute Gasteiger partial charge is 0.138 e. The van der Waals surface area contributed by atoms with Crippen LogP contribution in [0.4, 0.5) is 4.39 Å². The largest absolute Gasteiger partial charge is 0.316 e. The van der Waals surface area contributed by atoms with Crippen molar-refractivity contribution in [1.82, 2.24) is 0 Å². The fourth-order valence-corrected chi connectivity index (χ4v) is 0.791. The van der Waals surface area contributed by atoms with E-state index in [0.29, 0.717) is 5.56 Å². The standard InChI is InChI=1S/C11H12FN/c1-11(2,13)8-7-9-5-3-4-6-10(9)12/h3-6H,13H2,1-2H3. The first-order valence-corrected chi connectivity index (χ1v) is 4.06. The lowest BCUT2D eigenvalue weighted by Crippen LogP contribution is -2.29. The van der Waals surface area contributed by atoms with Crippen molar-refractivity contribution in [2.75, 3.05) is 0 Å². The van der Waals surface area contributed by atoms with Crippen molar-refractivity contribution in [3.63, 3.8) is 0 Å². The SMILES string of the molecule is CC(C)(N)C#Cc1ccccc1F. The Kier molecular flexibility index (Phi) is 2.69. The van der Waals surface area contributed by atoms with Crippen LogP contribution in [0.1, 0.15) is 19.4 Å². The molecule has 0 radical (unpaired) electrons. The Bertz CT molecular complexity index is 352. The van der Waals surface area contributed by atoms with Crippen LogP contribution in [0.15, 0.2) is 24.3 Å². The molecule has 0 fully saturated rings. The Labute approximate surface area is 77.8 Å². The van der Waals surface area contributed by atoms with E-state index < -0.39 is 5.54 Å².